The zero-order valence-corrected chi connectivity index (χ0v) is 21.1. The second kappa shape index (κ2) is 9.61. The molecule has 0 aromatic rings. The van der Waals surface area contributed by atoms with Crippen molar-refractivity contribution in [3.63, 3.8) is 0 Å². The van der Waals surface area contributed by atoms with E-state index < -0.39 is 14.6 Å². The van der Waals surface area contributed by atoms with Gasteiger partial charge >= 0.3 is 0 Å². The SMILES string of the molecule is CCNC(=NCC1(N(C)C)CCCC(C)C1)N1CCS(=O)(=O)C(C)(C)C1.I. The second-order valence-corrected chi connectivity index (χ2v) is 11.7. The molecule has 1 heterocycles. The van der Waals surface area contributed by atoms with Crippen molar-refractivity contribution >= 4 is 39.8 Å². The largest absolute Gasteiger partial charge is 0.357 e. The van der Waals surface area contributed by atoms with Crippen molar-refractivity contribution in [2.45, 2.75) is 63.7 Å². The van der Waals surface area contributed by atoms with Crippen LogP contribution in [0.2, 0.25) is 0 Å². The van der Waals surface area contributed by atoms with Crippen LogP contribution in [0, 0.1) is 5.92 Å². The molecule has 1 saturated heterocycles. The number of hydrogen-bond acceptors (Lipinski definition) is 4. The van der Waals surface area contributed by atoms with E-state index in [-0.39, 0.29) is 35.3 Å². The number of halogens is 1. The van der Waals surface area contributed by atoms with Gasteiger partial charge in [-0.1, -0.05) is 19.8 Å². The summed E-state index contributed by atoms with van der Waals surface area (Å²) in [5, 5.41) is 3.39. The minimum atomic E-state index is -3.04. The Hall–Kier alpha value is -0.0900. The van der Waals surface area contributed by atoms with Crippen molar-refractivity contribution in [2.24, 2.45) is 10.9 Å². The number of aliphatic imine (C=N–C) groups is 1. The van der Waals surface area contributed by atoms with Gasteiger partial charge in [0.15, 0.2) is 15.8 Å². The lowest BCUT2D eigenvalue weighted by Gasteiger charge is -2.45. The fraction of sp³-hybridized carbons (Fsp3) is 0.947. The van der Waals surface area contributed by atoms with Crippen molar-refractivity contribution in [3.8, 4) is 0 Å². The van der Waals surface area contributed by atoms with Gasteiger partial charge < -0.3 is 15.1 Å². The number of nitrogens with zero attached hydrogens (tertiary/aromatic N) is 3. The lowest BCUT2D eigenvalue weighted by molar-refractivity contribution is 0.0842. The Balaban J connectivity index is 0.00000364. The zero-order valence-electron chi connectivity index (χ0n) is 17.9. The number of likely N-dealkylation sites (N-methyl/N-ethyl adjacent to an activating group) is 1. The fourth-order valence-corrected chi connectivity index (χ4v) is 5.66. The van der Waals surface area contributed by atoms with Gasteiger partial charge in [0.2, 0.25) is 0 Å². The molecule has 27 heavy (non-hydrogen) atoms. The summed E-state index contributed by atoms with van der Waals surface area (Å²) in [6, 6.07) is 0. The molecule has 2 fully saturated rings. The number of nitrogens with one attached hydrogen (secondary N) is 1. The number of sulfone groups is 1. The highest BCUT2D eigenvalue weighted by molar-refractivity contribution is 14.0. The van der Waals surface area contributed by atoms with Crippen LogP contribution in [0.25, 0.3) is 0 Å². The van der Waals surface area contributed by atoms with Gasteiger partial charge in [-0.3, -0.25) is 4.99 Å². The second-order valence-electron chi connectivity index (χ2n) is 8.99. The van der Waals surface area contributed by atoms with Crippen molar-refractivity contribution < 1.29 is 8.42 Å². The molecule has 0 aromatic carbocycles. The Morgan fingerprint density at radius 1 is 1.33 bits per heavy atom. The third kappa shape index (κ3) is 5.72. The minimum absolute atomic E-state index is 0. The van der Waals surface area contributed by atoms with E-state index in [4.69, 9.17) is 4.99 Å². The maximum Gasteiger partial charge on any atom is 0.194 e. The van der Waals surface area contributed by atoms with E-state index in [1.807, 2.05) is 13.8 Å². The highest BCUT2D eigenvalue weighted by Crippen LogP contribution is 2.36. The summed E-state index contributed by atoms with van der Waals surface area (Å²) in [5.41, 5.74) is 0.107. The van der Waals surface area contributed by atoms with E-state index >= 15 is 0 Å². The summed E-state index contributed by atoms with van der Waals surface area (Å²) >= 11 is 0. The van der Waals surface area contributed by atoms with Crippen LogP contribution in [0.4, 0.5) is 0 Å². The van der Waals surface area contributed by atoms with Crippen LogP contribution in [0.15, 0.2) is 4.99 Å². The Kier molecular flexibility index (Phi) is 8.88. The molecule has 6 nitrogen and oxygen atoms in total. The molecule has 0 aromatic heterocycles. The molecule has 0 spiro atoms. The van der Waals surface area contributed by atoms with Gasteiger partial charge in [-0.2, -0.15) is 0 Å². The van der Waals surface area contributed by atoms with Crippen LogP contribution in [0.5, 0.6) is 0 Å². The molecule has 2 unspecified atom stereocenters. The standard InChI is InChI=1S/C19H38N4O2S.HI/c1-7-20-17(23-11-12-26(24,25)18(3,4)15-23)21-14-19(22(5)6)10-8-9-16(2)13-19;/h16H,7-15H2,1-6H3,(H,20,21);1H. The summed E-state index contributed by atoms with van der Waals surface area (Å²) in [6.45, 7) is 10.6. The first-order valence-electron chi connectivity index (χ1n) is 9.96. The predicted octanol–water partition coefficient (Wildman–Crippen LogP) is 2.59. The number of rotatable bonds is 4. The van der Waals surface area contributed by atoms with Gasteiger partial charge in [0.1, 0.15) is 0 Å². The predicted molar refractivity (Wildman–Crippen MR) is 125 cm³/mol. The van der Waals surface area contributed by atoms with E-state index in [0.717, 1.165) is 25.0 Å². The third-order valence-electron chi connectivity index (χ3n) is 6.22. The van der Waals surface area contributed by atoms with E-state index in [2.05, 4.69) is 43.1 Å². The molecule has 2 aliphatic rings. The highest BCUT2D eigenvalue weighted by atomic mass is 127. The van der Waals surface area contributed by atoms with Gasteiger partial charge in [0.25, 0.3) is 0 Å². The molecule has 160 valence electrons. The Morgan fingerprint density at radius 2 is 2.00 bits per heavy atom. The summed E-state index contributed by atoms with van der Waals surface area (Å²) < 4.78 is 23.9. The van der Waals surface area contributed by atoms with Crippen LogP contribution < -0.4 is 5.32 Å². The van der Waals surface area contributed by atoms with Crippen LogP contribution >= 0.6 is 24.0 Å². The molecular formula is C19H39IN4O2S. The van der Waals surface area contributed by atoms with Crippen LogP contribution in [0.3, 0.4) is 0 Å². The summed E-state index contributed by atoms with van der Waals surface area (Å²) in [5.74, 6) is 1.78. The van der Waals surface area contributed by atoms with Crippen LogP contribution in [-0.2, 0) is 9.84 Å². The van der Waals surface area contributed by atoms with Crippen molar-refractivity contribution in [1.29, 1.82) is 0 Å². The van der Waals surface area contributed by atoms with Gasteiger partial charge in [-0.05, 0) is 53.6 Å². The third-order valence-corrected chi connectivity index (χ3v) is 8.75. The summed E-state index contributed by atoms with van der Waals surface area (Å²) in [6.07, 6.45) is 4.90. The van der Waals surface area contributed by atoms with Crippen LogP contribution in [-0.4, -0.2) is 80.5 Å². The molecule has 1 saturated carbocycles. The highest BCUT2D eigenvalue weighted by Gasteiger charge is 2.41. The Bertz CT molecular complexity index is 621. The van der Waals surface area contributed by atoms with Gasteiger partial charge in [-0.15, -0.1) is 24.0 Å². The van der Waals surface area contributed by atoms with E-state index in [0.29, 0.717) is 13.1 Å². The molecule has 0 bridgehead atoms. The lowest BCUT2D eigenvalue weighted by Crippen LogP contribution is -2.58. The molecular weight excluding hydrogens is 475 g/mol. The first-order valence-corrected chi connectivity index (χ1v) is 11.6. The van der Waals surface area contributed by atoms with E-state index in [1.54, 1.807) is 0 Å². The number of hydrogen-bond donors (Lipinski definition) is 1. The molecule has 8 heteroatoms. The van der Waals surface area contributed by atoms with Crippen molar-refractivity contribution in [3.05, 3.63) is 0 Å². The average molecular weight is 515 g/mol. The Labute approximate surface area is 183 Å². The molecule has 1 aliphatic heterocycles. The molecule has 2 rings (SSSR count). The van der Waals surface area contributed by atoms with E-state index in [1.165, 1.54) is 25.7 Å². The number of guanidine groups is 1. The van der Waals surface area contributed by atoms with Gasteiger partial charge in [0, 0.05) is 25.2 Å². The fourth-order valence-electron chi connectivity index (χ4n) is 4.30. The average Bonchev–Trinajstić information content (AvgIpc) is 2.54. The maximum atomic E-state index is 12.3. The lowest BCUT2D eigenvalue weighted by atomic mass is 9.75. The first-order chi connectivity index (χ1) is 12.0. The Morgan fingerprint density at radius 3 is 2.52 bits per heavy atom. The molecule has 0 amide bonds. The molecule has 1 N–H and O–H groups in total. The monoisotopic (exact) mass is 514 g/mol. The minimum Gasteiger partial charge on any atom is -0.357 e. The summed E-state index contributed by atoms with van der Waals surface area (Å²) in [4.78, 5) is 9.47. The summed E-state index contributed by atoms with van der Waals surface area (Å²) in [7, 11) is 1.28. The maximum absolute atomic E-state index is 12.3. The molecule has 1 aliphatic carbocycles. The van der Waals surface area contributed by atoms with E-state index in [9.17, 15) is 8.42 Å². The van der Waals surface area contributed by atoms with Crippen LogP contribution in [0.1, 0.15) is 53.4 Å². The van der Waals surface area contributed by atoms with Crippen molar-refractivity contribution in [1.82, 2.24) is 15.1 Å². The van der Waals surface area contributed by atoms with Gasteiger partial charge in [-0.25, -0.2) is 8.42 Å². The molecule has 2 atom stereocenters. The topological polar surface area (TPSA) is 65.0 Å². The van der Waals surface area contributed by atoms with Gasteiger partial charge in [0.05, 0.1) is 17.0 Å². The van der Waals surface area contributed by atoms with Crippen molar-refractivity contribution in [2.75, 3.05) is 46.0 Å². The normalized spacial score (nSPS) is 30.7. The quantitative estimate of drug-likeness (QED) is 0.355. The smallest absolute Gasteiger partial charge is 0.194 e. The first kappa shape index (κ1) is 24.9. The molecule has 0 radical (unpaired) electrons. The zero-order chi connectivity index (χ0) is 19.6.